The maximum absolute atomic E-state index is 13.6. The highest BCUT2D eigenvalue weighted by atomic mass is 19.1. The molecule has 0 spiro atoms. The Bertz CT molecular complexity index is 497. The van der Waals surface area contributed by atoms with Gasteiger partial charge in [0.25, 0.3) is 0 Å². The molecule has 0 aliphatic heterocycles. The smallest absolute Gasteiger partial charge is 0.145 e. The van der Waals surface area contributed by atoms with Gasteiger partial charge in [-0.1, -0.05) is 6.07 Å². The summed E-state index contributed by atoms with van der Waals surface area (Å²) in [6.45, 7) is 0. The molecule has 0 radical (unpaired) electrons. The summed E-state index contributed by atoms with van der Waals surface area (Å²) in [5, 5.41) is 2.96. The van der Waals surface area contributed by atoms with Gasteiger partial charge in [-0.25, -0.2) is 18.7 Å². The second-order valence-corrected chi connectivity index (χ2v) is 3.85. The minimum Gasteiger partial charge on any atom is -0.310 e. The number of halogens is 2. The van der Waals surface area contributed by atoms with E-state index in [0.29, 0.717) is 5.82 Å². The van der Waals surface area contributed by atoms with E-state index >= 15 is 0 Å². The summed E-state index contributed by atoms with van der Waals surface area (Å²) in [5.74, 6) is -0.583. The van der Waals surface area contributed by atoms with Gasteiger partial charge < -0.3 is 5.32 Å². The van der Waals surface area contributed by atoms with E-state index in [-0.39, 0.29) is 18.0 Å². The van der Waals surface area contributed by atoms with E-state index in [1.54, 1.807) is 25.5 Å². The minimum absolute atomic E-state index is 0.0457. The van der Waals surface area contributed by atoms with Crippen molar-refractivity contribution in [3.05, 3.63) is 59.7 Å². The van der Waals surface area contributed by atoms with Gasteiger partial charge in [-0.15, -0.1) is 0 Å². The third kappa shape index (κ3) is 2.68. The lowest BCUT2D eigenvalue weighted by Gasteiger charge is -2.15. The average molecular weight is 249 g/mol. The van der Waals surface area contributed by atoms with Crippen LogP contribution in [0, 0.1) is 11.6 Å². The number of hydrogen-bond acceptors (Lipinski definition) is 3. The maximum Gasteiger partial charge on any atom is 0.145 e. The Kier molecular flexibility index (Phi) is 3.94. The molecule has 1 atom stereocenters. The number of likely N-dealkylation sites (N-methyl/N-ethyl adjacent to an activating group) is 1. The Morgan fingerprint density at radius 1 is 1.11 bits per heavy atom. The van der Waals surface area contributed by atoms with E-state index in [1.807, 2.05) is 0 Å². The number of rotatable bonds is 4. The van der Waals surface area contributed by atoms with Crippen LogP contribution in [-0.2, 0) is 6.42 Å². The van der Waals surface area contributed by atoms with Crippen molar-refractivity contribution in [2.75, 3.05) is 7.05 Å². The monoisotopic (exact) mass is 249 g/mol. The first-order valence-electron chi connectivity index (χ1n) is 5.59. The molecule has 0 aliphatic carbocycles. The predicted molar refractivity (Wildman–Crippen MR) is 63.9 cm³/mol. The van der Waals surface area contributed by atoms with Gasteiger partial charge in [0.2, 0.25) is 0 Å². The van der Waals surface area contributed by atoms with Gasteiger partial charge in [-0.2, -0.15) is 0 Å². The van der Waals surface area contributed by atoms with Crippen molar-refractivity contribution in [2.45, 2.75) is 12.5 Å². The zero-order valence-electron chi connectivity index (χ0n) is 9.90. The fourth-order valence-electron chi connectivity index (χ4n) is 1.74. The van der Waals surface area contributed by atoms with Crippen LogP contribution < -0.4 is 5.32 Å². The number of hydrogen-bond donors (Lipinski definition) is 1. The van der Waals surface area contributed by atoms with Crippen molar-refractivity contribution in [2.24, 2.45) is 0 Å². The van der Waals surface area contributed by atoms with Gasteiger partial charge in [0, 0.05) is 24.4 Å². The van der Waals surface area contributed by atoms with Crippen LogP contribution in [0.4, 0.5) is 8.78 Å². The summed E-state index contributed by atoms with van der Waals surface area (Å²) in [7, 11) is 1.71. The molecule has 0 fully saturated rings. The zero-order valence-corrected chi connectivity index (χ0v) is 9.90. The van der Waals surface area contributed by atoms with Crippen molar-refractivity contribution in [3.63, 3.8) is 0 Å². The minimum atomic E-state index is -0.550. The molecule has 1 aromatic heterocycles. The van der Waals surface area contributed by atoms with Crippen LogP contribution in [0.5, 0.6) is 0 Å². The zero-order chi connectivity index (χ0) is 13.0. The summed E-state index contributed by atoms with van der Waals surface area (Å²) >= 11 is 0. The van der Waals surface area contributed by atoms with Crippen molar-refractivity contribution >= 4 is 0 Å². The molecule has 0 saturated carbocycles. The lowest BCUT2D eigenvalue weighted by atomic mass is 10.0. The molecule has 5 heteroatoms. The molecule has 94 valence electrons. The molecular formula is C13H13F2N3. The van der Waals surface area contributed by atoms with Crippen LogP contribution in [0.2, 0.25) is 0 Å². The Labute approximate surface area is 104 Å². The Hall–Kier alpha value is -1.88. The van der Waals surface area contributed by atoms with E-state index in [2.05, 4.69) is 15.3 Å². The molecule has 18 heavy (non-hydrogen) atoms. The quantitative estimate of drug-likeness (QED) is 0.903. The number of nitrogens with zero attached hydrogens (tertiary/aromatic N) is 2. The third-order valence-electron chi connectivity index (χ3n) is 2.72. The first-order chi connectivity index (χ1) is 8.72. The van der Waals surface area contributed by atoms with Crippen molar-refractivity contribution < 1.29 is 8.78 Å². The first kappa shape index (κ1) is 12.6. The first-order valence-corrected chi connectivity index (χ1v) is 5.59. The van der Waals surface area contributed by atoms with E-state index in [1.165, 1.54) is 18.2 Å². The average Bonchev–Trinajstić information content (AvgIpc) is 2.40. The van der Waals surface area contributed by atoms with Crippen LogP contribution in [0.3, 0.4) is 0 Å². The number of aromatic nitrogens is 2. The maximum atomic E-state index is 13.6. The van der Waals surface area contributed by atoms with Gasteiger partial charge in [-0.05, 0) is 25.2 Å². The number of nitrogens with one attached hydrogen (secondary N) is 1. The van der Waals surface area contributed by atoms with Crippen LogP contribution in [0.25, 0.3) is 0 Å². The molecule has 1 heterocycles. The molecule has 1 aromatic carbocycles. The van der Waals surface area contributed by atoms with Crippen LogP contribution in [0.1, 0.15) is 17.4 Å². The van der Waals surface area contributed by atoms with Crippen molar-refractivity contribution in [1.29, 1.82) is 0 Å². The molecule has 1 N–H and O–H groups in total. The van der Waals surface area contributed by atoms with Gasteiger partial charge >= 0.3 is 0 Å². The number of benzene rings is 1. The normalized spacial score (nSPS) is 12.4. The molecule has 0 bridgehead atoms. The molecule has 1 unspecified atom stereocenters. The third-order valence-corrected chi connectivity index (χ3v) is 2.72. The standard InChI is InChI=1S/C13H13F2N3/c1-16-12(13-17-6-3-7-18-13)8-9-10(14)4-2-5-11(9)15/h2-7,12,16H,8H2,1H3. The summed E-state index contributed by atoms with van der Waals surface area (Å²) in [5.41, 5.74) is 0.0457. The largest absolute Gasteiger partial charge is 0.310 e. The van der Waals surface area contributed by atoms with Crippen LogP contribution >= 0.6 is 0 Å². The van der Waals surface area contributed by atoms with E-state index < -0.39 is 11.6 Å². The Morgan fingerprint density at radius 3 is 2.28 bits per heavy atom. The summed E-state index contributed by atoms with van der Waals surface area (Å²) in [6.07, 6.45) is 3.37. The highest BCUT2D eigenvalue weighted by Gasteiger charge is 2.17. The van der Waals surface area contributed by atoms with E-state index in [9.17, 15) is 8.78 Å². The molecule has 0 aliphatic rings. The van der Waals surface area contributed by atoms with Crippen molar-refractivity contribution in [1.82, 2.24) is 15.3 Å². The molecule has 0 amide bonds. The fourth-order valence-corrected chi connectivity index (χ4v) is 1.74. The summed E-state index contributed by atoms with van der Waals surface area (Å²) < 4.78 is 27.1. The van der Waals surface area contributed by atoms with Crippen LogP contribution in [-0.4, -0.2) is 17.0 Å². The summed E-state index contributed by atoms with van der Waals surface area (Å²) in [6, 6.07) is 5.22. The molecule has 0 saturated heterocycles. The van der Waals surface area contributed by atoms with Gasteiger partial charge in [0.05, 0.1) is 6.04 Å². The second-order valence-electron chi connectivity index (χ2n) is 3.85. The lowest BCUT2D eigenvalue weighted by molar-refractivity contribution is 0.502. The fraction of sp³-hybridized carbons (Fsp3) is 0.231. The summed E-state index contributed by atoms with van der Waals surface area (Å²) in [4.78, 5) is 8.17. The van der Waals surface area contributed by atoms with Gasteiger partial charge in [0.1, 0.15) is 17.5 Å². The van der Waals surface area contributed by atoms with Crippen molar-refractivity contribution in [3.8, 4) is 0 Å². The van der Waals surface area contributed by atoms with E-state index in [4.69, 9.17) is 0 Å². The highest BCUT2D eigenvalue weighted by Crippen LogP contribution is 2.19. The Morgan fingerprint density at radius 2 is 1.72 bits per heavy atom. The molecular weight excluding hydrogens is 236 g/mol. The highest BCUT2D eigenvalue weighted by molar-refractivity contribution is 5.21. The molecule has 2 aromatic rings. The lowest BCUT2D eigenvalue weighted by Crippen LogP contribution is -2.22. The van der Waals surface area contributed by atoms with Crippen LogP contribution in [0.15, 0.2) is 36.7 Å². The topological polar surface area (TPSA) is 37.8 Å². The SMILES string of the molecule is CNC(Cc1c(F)cccc1F)c1ncccn1. The van der Waals surface area contributed by atoms with E-state index in [0.717, 1.165) is 0 Å². The second kappa shape index (κ2) is 5.64. The van der Waals surface area contributed by atoms with Gasteiger partial charge in [0.15, 0.2) is 0 Å². The molecule has 2 rings (SSSR count). The Balaban J connectivity index is 2.26. The molecule has 3 nitrogen and oxygen atoms in total. The van der Waals surface area contributed by atoms with Gasteiger partial charge in [-0.3, -0.25) is 0 Å². The predicted octanol–water partition coefficient (Wildman–Crippen LogP) is 2.26.